The van der Waals surface area contributed by atoms with Gasteiger partial charge in [0.25, 0.3) is 0 Å². The highest BCUT2D eigenvalue weighted by atomic mass is 14.9. The monoisotopic (exact) mass is 205 g/mol. The van der Waals surface area contributed by atoms with E-state index >= 15 is 0 Å². The average molecular weight is 205 g/mol. The third-order valence-corrected chi connectivity index (χ3v) is 3.14. The van der Waals surface area contributed by atoms with Crippen LogP contribution < -0.4 is 5.32 Å². The summed E-state index contributed by atoms with van der Waals surface area (Å²) in [5, 5.41) is 3.61. The van der Waals surface area contributed by atoms with Crippen LogP contribution in [-0.2, 0) is 0 Å². The van der Waals surface area contributed by atoms with Gasteiger partial charge in [-0.25, -0.2) is 0 Å². The SMILES string of the molecule is CCC(C)(C)NC[C@H](C)c1ccccc1. The molecule has 0 fully saturated rings. The van der Waals surface area contributed by atoms with Crippen LogP contribution in [0.5, 0.6) is 0 Å². The van der Waals surface area contributed by atoms with Crippen LogP contribution in [0, 0.1) is 0 Å². The van der Waals surface area contributed by atoms with Crippen molar-refractivity contribution < 1.29 is 0 Å². The van der Waals surface area contributed by atoms with Crippen molar-refractivity contribution in [2.24, 2.45) is 0 Å². The summed E-state index contributed by atoms with van der Waals surface area (Å²) in [4.78, 5) is 0. The molecule has 1 heteroatoms. The summed E-state index contributed by atoms with van der Waals surface area (Å²) < 4.78 is 0. The lowest BCUT2D eigenvalue weighted by Crippen LogP contribution is -2.40. The number of rotatable bonds is 5. The number of hydrogen-bond donors (Lipinski definition) is 1. The highest BCUT2D eigenvalue weighted by Crippen LogP contribution is 2.15. The second kappa shape index (κ2) is 5.32. The molecule has 0 aliphatic rings. The molecule has 0 bridgehead atoms. The highest BCUT2D eigenvalue weighted by molar-refractivity contribution is 5.19. The Morgan fingerprint density at radius 1 is 1.20 bits per heavy atom. The van der Waals surface area contributed by atoms with Crippen LogP contribution in [0.25, 0.3) is 0 Å². The quantitative estimate of drug-likeness (QED) is 0.775. The van der Waals surface area contributed by atoms with Crippen molar-refractivity contribution in [3.8, 4) is 0 Å². The Morgan fingerprint density at radius 2 is 1.80 bits per heavy atom. The Morgan fingerprint density at radius 3 is 2.33 bits per heavy atom. The average Bonchev–Trinajstić information content (AvgIpc) is 2.27. The largest absolute Gasteiger partial charge is 0.311 e. The van der Waals surface area contributed by atoms with Gasteiger partial charge in [0.2, 0.25) is 0 Å². The normalized spacial score (nSPS) is 13.9. The van der Waals surface area contributed by atoms with Crippen LogP contribution in [0.15, 0.2) is 30.3 Å². The summed E-state index contributed by atoms with van der Waals surface area (Å²) in [6.07, 6.45) is 1.16. The Bertz CT molecular complexity index is 277. The molecule has 0 aliphatic carbocycles. The lowest BCUT2D eigenvalue weighted by molar-refractivity contribution is 0.367. The van der Waals surface area contributed by atoms with Crippen LogP contribution in [0.4, 0.5) is 0 Å². The second-order valence-corrected chi connectivity index (χ2v) is 4.93. The van der Waals surface area contributed by atoms with E-state index in [9.17, 15) is 0 Å². The van der Waals surface area contributed by atoms with Gasteiger partial charge in [0.1, 0.15) is 0 Å². The smallest absolute Gasteiger partial charge is 0.0122 e. The van der Waals surface area contributed by atoms with Crippen molar-refractivity contribution in [3.63, 3.8) is 0 Å². The van der Waals surface area contributed by atoms with Crippen LogP contribution in [-0.4, -0.2) is 12.1 Å². The summed E-state index contributed by atoms with van der Waals surface area (Å²) in [5.74, 6) is 0.581. The van der Waals surface area contributed by atoms with Gasteiger partial charge in [-0.05, 0) is 31.7 Å². The van der Waals surface area contributed by atoms with Crippen LogP contribution >= 0.6 is 0 Å². The van der Waals surface area contributed by atoms with Gasteiger partial charge in [0.05, 0.1) is 0 Å². The third-order valence-electron chi connectivity index (χ3n) is 3.14. The van der Waals surface area contributed by atoms with Crippen molar-refractivity contribution in [1.29, 1.82) is 0 Å². The fourth-order valence-corrected chi connectivity index (χ4v) is 1.45. The predicted octanol–water partition coefficient (Wildman–Crippen LogP) is 3.57. The van der Waals surface area contributed by atoms with Gasteiger partial charge in [0.15, 0.2) is 0 Å². The van der Waals surface area contributed by atoms with Crippen LogP contribution in [0.3, 0.4) is 0 Å². The molecule has 1 N–H and O–H groups in total. The molecule has 0 aliphatic heterocycles. The first-order valence-corrected chi connectivity index (χ1v) is 5.85. The maximum absolute atomic E-state index is 3.61. The van der Waals surface area contributed by atoms with Gasteiger partial charge in [0, 0.05) is 12.1 Å². The molecule has 1 rings (SSSR count). The van der Waals surface area contributed by atoms with Crippen molar-refractivity contribution in [2.75, 3.05) is 6.54 Å². The van der Waals surface area contributed by atoms with E-state index in [1.54, 1.807) is 0 Å². The Labute approximate surface area is 93.9 Å². The summed E-state index contributed by atoms with van der Waals surface area (Å²) in [5.41, 5.74) is 1.67. The Hall–Kier alpha value is -0.820. The molecule has 0 radical (unpaired) electrons. The molecule has 0 unspecified atom stereocenters. The first-order valence-electron chi connectivity index (χ1n) is 5.85. The Balaban J connectivity index is 2.47. The number of benzene rings is 1. The minimum atomic E-state index is 0.253. The van der Waals surface area contributed by atoms with E-state index in [4.69, 9.17) is 0 Å². The first kappa shape index (κ1) is 12.3. The molecule has 1 aromatic rings. The van der Waals surface area contributed by atoms with Gasteiger partial charge < -0.3 is 5.32 Å². The maximum atomic E-state index is 3.61. The number of hydrogen-bond acceptors (Lipinski definition) is 1. The van der Waals surface area contributed by atoms with Crippen LogP contribution in [0.1, 0.15) is 45.6 Å². The molecule has 0 amide bonds. The van der Waals surface area contributed by atoms with Gasteiger partial charge in [-0.15, -0.1) is 0 Å². The van der Waals surface area contributed by atoms with Crippen molar-refractivity contribution in [3.05, 3.63) is 35.9 Å². The third kappa shape index (κ3) is 4.05. The van der Waals surface area contributed by atoms with Gasteiger partial charge in [-0.3, -0.25) is 0 Å². The van der Waals surface area contributed by atoms with E-state index < -0.39 is 0 Å². The fraction of sp³-hybridized carbons (Fsp3) is 0.571. The lowest BCUT2D eigenvalue weighted by Gasteiger charge is -2.26. The maximum Gasteiger partial charge on any atom is 0.0122 e. The van der Waals surface area contributed by atoms with E-state index in [-0.39, 0.29) is 5.54 Å². The van der Waals surface area contributed by atoms with E-state index in [2.05, 4.69) is 63.3 Å². The first-order chi connectivity index (χ1) is 7.05. The topological polar surface area (TPSA) is 12.0 Å². The van der Waals surface area contributed by atoms with E-state index in [1.165, 1.54) is 5.56 Å². The summed E-state index contributed by atoms with van der Waals surface area (Å²) in [6.45, 7) is 10.1. The zero-order valence-corrected chi connectivity index (χ0v) is 10.4. The van der Waals surface area contributed by atoms with Crippen LogP contribution in [0.2, 0.25) is 0 Å². The molecular formula is C14H23N. The molecule has 1 nitrogen and oxygen atoms in total. The molecular weight excluding hydrogens is 182 g/mol. The molecule has 1 atom stereocenters. The molecule has 84 valence electrons. The van der Waals surface area contributed by atoms with Crippen molar-refractivity contribution in [2.45, 2.75) is 45.6 Å². The van der Waals surface area contributed by atoms with Gasteiger partial charge in [-0.2, -0.15) is 0 Å². The summed E-state index contributed by atoms with van der Waals surface area (Å²) in [7, 11) is 0. The molecule has 15 heavy (non-hydrogen) atoms. The highest BCUT2D eigenvalue weighted by Gasteiger charge is 2.15. The molecule has 1 aromatic carbocycles. The molecule has 0 heterocycles. The molecule has 0 spiro atoms. The van der Waals surface area contributed by atoms with Crippen molar-refractivity contribution >= 4 is 0 Å². The van der Waals surface area contributed by atoms with Crippen molar-refractivity contribution in [1.82, 2.24) is 5.32 Å². The zero-order chi connectivity index (χ0) is 11.3. The Kier molecular flexibility index (Phi) is 4.34. The van der Waals surface area contributed by atoms with Gasteiger partial charge in [-0.1, -0.05) is 44.2 Å². The van der Waals surface area contributed by atoms with Gasteiger partial charge >= 0.3 is 0 Å². The van der Waals surface area contributed by atoms with E-state index in [1.807, 2.05) is 0 Å². The number of nitrogens with one attached hydrogen (secondary N) is 1. The predicted molar refractivity (Wildman–Crippen MR) is 67.2 cm³/mol. The summed E-state index contributed by atoms with van der Waals surface area (Å²) >= 11 is 0. The molecule has 0 saturated heterocycles. The van der Waals surface area contributed by atoms with E-state index in [0.29, 0.717) is 5.92 Å². The van der Waals surface area contributed by atoms with E-state index in [0.717, 1.165) is 13.0 Å². The standard InChI is InChI=1S/C14H23N/c1-5-14(3,4)15-11-12(2)13-9-7-6-8-10-13/h6-10,12,15H,5,11H2,1-4H3/t12-/m0/s1. The molecule has 0 saturated carbocycles. The lowest BCUT2D eigenvalue weighted by atomic mass is 9.97. The molecule has 0 aromatic heterocycles. The minimum absolute atomic E-state index is 0.253. The second-order valence-electron chi connectivity index (χ2n) is 4.93. The minimum Gasteiger partial charge on any atom is -0.311 e. The summed E-state index contributed by atoms with van der Waals surface area (Å²) in [6, 6.07) is 10.7. The fourth-order valence-electron chi connectivity index (χ4n) is 1.45. The zero-order valence-electron chi connectivity index (χ0n) is 10.4.